The molecule has 4 nitrogen and oxygen atoms in total. The van der Waals surface area contributed by atoms with Crippen molar-refractivity contribution < 1.29 is 18.3 Å². The number of carbonyl (C=O) groups is 1. The number of hydrogen-bond acceptors (Lipinski definition) is 4. The average Bonchev–Trinajstić information content (AvgIpc) is 3.17. The molecule has 3 rings (SSSR count). The van der Waals surface area contributed by atoms with Crippen molar-refractivity contribution in [3.05, 3.63) is 84.1 Å². The van der Waals surface area contributed by atoms with Crippen molar-refractivity contribution in [3.8, 4) is 5.75 Å². The number of nitrogens with one attached hydrogen (secondary N) is 1. The second-order valence-corrected chi connectivity index (χ2v) is 6.96. The molecule has 140 valence electrons. The number of carbonyl (C=O) groups excluding carboxylic acids is 1. The molecule has 0 fully saturated rings. The van der Waals surface area contributed by atoms with E-state index >= 15 is 0 Å². The lowest BCUT2D eigenvalue weighted by Crippen LogP contribution is -2.25. The van der Waals surface area contributed by atoms with Gasteiger partial charge in [-0.3, -0.25) is 4.79 Å². The van der Waals surface area contributed by atoms with Crippen LogP contribution in [0.2, 0.25) is 0 Å². The van der Waals surface area contributed by atoms with E-state index < -0.39 is 0 Å². The summed E-state index contributed by atoms with van der Waals surface area (Å²) in [7, 11) is 0. The van der Waals surface area contributed by atoms with Gasteiger partial charge in [0.25, 0.3) is 5.91 Å². The molecule has 27 heavy (non-hydrogen) atoms. The molecule has 1 aromatic heterocycles. The highest BCUT2D eigenvalue weighted by molar-refractivity contribution is 7.99. The number of halogens is 1. The van der Waals surface area contributed by atoms with Gasteiger partial charge in [-0.1, -0.05) is 18.2 Å². The van der Waals surface area contributed by atoms with Crippen LogP contribution in [0.15, 0.2) is 76.2 Å². The molecule has 0 saturated heterocycles. The SMILES string of the molecule is O=C(NCCCSc1ccc(F)cc1)c1occc1COc1ccccc1. The standard InChI is InChI=1S/C21H20FNO3S/c22-17-7-9-19(10-8-17)27-14-4-12-23-21(24)20-16(11-13-25-20)15-26-18-5-2-1-3-6-18/h1-3,5-11,13H,4,12,14-15H2,(H,23,24). The molecule has 0 radical (unpaired) electrons. The average molecular weight is 385 g/mol. The Bertz CT molecular complexity index is 849. The molecule has 0 aliphatic heterocycles. The van der Waals surface area contributed by atoms with E-state index in [2.05, 4.69) is 5.32 Å². The highest BCUT2D eigenvalue weighted by Gasteiger charge is 2.15. The Morgan fingerprint density at radius 3 is 2.63 bits per heavy atom. The second kappa shape index (κ2) is 9.83. The summed E-state index contributed by atoms with van der Waals surface area (Å²) in [5.74, 6) is 1.35. The van der Waals surface area contributed by atoms with Crippen LogP contribution >= 0.6 is 11.8 Å². The fourth-order valence-corrected chi connectivity index (χ4v) is 3.25. The summed E-state index contributed by atoms with van der Waals surface area (Å²) >= 11 is 1.63. The van der Waals surface area contributed by atoms with Crippen LogP contribution in [0.25, 0.3) is 0 Å². The summed E-state index contributed by atoms with van der Waals surface area (Å²) in [6, 6.07) is 17.5. The van der Waals surface area contributed by atoms with Gasteiger partial charge in [0.15, 0.2) is 5.76 Å². The molecule has 6 heteroatoms. The normalized spacial score (nSPS) is 10.6. The van der Waals surface area contributed by atoms with E-state index in [0.717, 1.165) is 22.8 Å². The van der Waals surface area contributed by atoms with Gasteiger partial charge in [0.05, 0.1) is 6.26 Å². The van der Waals surface area contributed by atoms with Crippen LogP contribution in [0.1, 0.15) is 22.5 Å². The van der Waals surface area contributed by atoms with Crippen molar-refractivity contribution in [2.75, 3.05) is 12.3 Å². The van der Waals surface area contributed by atoms with Crippen LogP contribution in [0.5, 0.6) is 5.75 Å². The third-order valence-corrected chi connectivity index (χ3v) is 4.88. The van der Waals surface area contributed by atoms with Gasteiger partial charge in [0.1, 0.15) is 18.2 Å². The molecule has 0 unspecified atom stereocenters. The van der Waals surface area contributed by atoms with Gasteiger partial charge < -0.3 is 14.5 Å². The van der Waals surface area contributed by atoms with E-state index in [1.54, 1.807) is 30.0 Å². The van der Waals surface area contributed by atoms with Crippen molar-refractivity contribution in [2.24, 2.45) is 0 Å². The highest BCUT2D eigenvalue weighted by atomic mass is 32.2. The minimum absolute atomic E-state index is 0.239. The Hall–Kier alpha value is -2.73. The van der Waals surface area contributed by atoms with Gasteiger partial charge in [-0.2, -0.15) is 0 Å². The highest BCUT2D eigenvalue weighted by Crippen LogP contribution is 2.19. The monoisotopic (exact) mass is 385 g/mol. The predicted molar refractivity (Wildman–Crippen MR) is 104 cm³/mol. The fourth-order valence-electron chi connectivity index (χ4n) is 2.40. The zero-order chi connectivity index (χ0) is 18.9. The lowest BCUT2D eigenvalue weighted by atomic mass is 10.2. The van der Waals surface area contributed by atoms with Gasteiger partial charge in [0, 0.05) is 17.0 Å². The quantitative estimate of drug-likeness (QED) is 0.420. The smallest absolute Gasteiger partial charge is 0.287 e. The predicted octanol–water partition coefficient (Wildman–Crippen LogP) is 4.91. The third-order valence-electron chi connectivity index (χ3n) is 3.78. The largest absolute Gasteiger partial charge is 0.489 e. The van der Waals surface area contributed by atoms with E-state index in [0.29, 0.717) is 12.1 Å². The van der Waals surface area contributed by atoms with Crippen molar-refractivity contribution in [3.63, 3.8) is 0 Å². The Morgan fingerprint density at radius 1 is 1.07 bits per heavy atom. The second-order valence-electron chi connectivity index (χ2n) is 5.79. The molecule has 2 aromatic carbocycles. The zero-order valence-electron chi connectivity index (χ0n) is 14.7. The molecular formula is C21H20FNO3S. The molecule has 0 aliphatic carbocycles. The molecule has 0 aliphatic rings. The van der Waals surface area contributed by atoms with E-state index in [1.807, 2.05) is 30.3 Å². The first-order valence-corrected chi connectivity index (χ1v) is 9.62. The summed E-state index contributed by atoms with van der Waals surface area (Å²) in [6.45, 7) is 0.802. The number of para-hydroxylation sites is 1. The Morgan fingerprint density at radius 2 is 1.85 bits per heavy atom. The van der Waals surface area contributed by atoms with Crippen LogP contribution in [-0.2, 0) is 6.61 Å². The minimum Gasteiger partial charge on any atom is -0.489 e. The number of furan rings is 1. The minimum atomic E-state index is -0.251. The van der Waals surface area contributed by atoms with Crippen molar-refractivity contribution in [2.45, 2.75) is 17.9 Å². The number of benzene rings is 2. The number of amides is 1. The van der Waals surface area contributed by atoms with Crippen LogP contribution < -0.4 is 10.1 Å². The van der Waals surface area contributed by atoms with Gasteiger partial charge in [-0.05, 0) is 54.6 Å². The number of thioether (sulfide) groups is 1. The third kappa shape index (κ3) is 5.89. The van der Waals surface area contributed by atoms with Crippen molar-refractivity contribution >= 4 is 17.7 Å². The Kier molecular flexibility index (Phi) is 6.93. The lowest BCUT2D eigenvalue weighted by molar-refractivity contribution is 0.0922. The molecule has 3 aromatic rings. The first-order chi connectivity index (χ1) is 13.2. The molecule has 0 bridgehead atoms. The molecule has 0 atom stereocenters. The number of hydrogen-bond donors (Lipinski definition) is 1. The summed E-state index contributed by atoms with van der Waals surface area (Å²) in [4.78, 5) is 13.3. The van der Waals surface area contributed by atoms with E-state index in [1.165, 1.54) is 18.4 Å². The number of rotatable bonds is 9. The van der Waals surface area contributed by atoms with Crippen LogP contribution in [-0.4, -0.2) is 18.2 Å². The molecule has 0 saturated carbocycles. The first kappa shape index (κ1) is 19.0. The maximum absolute atomic E-state index is 12.9. The maximum Gasteiger partial charge on any atom is 0.287 e. The van der Waals surface area contributed by atoms with Gasteiger partial charge in [-0.15, -0.1) is 11.8 Å². The maximum atomic E-state index is 12.9. The molecule has 1 amide bonds. The van der Waals surface area contributed by atoms with E-state index in [4.69, 9.17) is 9.15 Å². The van der Waals surface area contributed by atoms with Gasteiger partial charge in [-0.25, -0.2) is 4.39 Å². The lowest BCUT2D eigenvalue weighted by Gasteiger charge is -2.07. The van der Waals surface area contributed by atoms with Crippen molar-refractivity contribution in [1.82, 2.24) is 5.32 Å². The fraction of sp³-hybridized carbons (Fsp3) is 0.190. The Labute approximate surface area is 161 Å². The summed E-state index contributed by atoms with van der Waals surface area (Å²) in [5.41, 5.74) is 0.706. The zero-order valence-corrected chi connectivity index (χ0v) is 15.5. The first-order valence-electron chi connectivity index (χ1n) is 8.63. The van der Waals surface area contributed by atoms with Gasteiger partial charge >= 0.3 is 0 Å². The van der Waals surface area contributed by atoms with Crippen LogP contribution in [0.4, 0.5) is 4.39 Å². The summed E-state index contributed by atoms with van der Waals surface area (Å²) in [6.07, 6.45) is 2.29. The molecule has 0 spiro atoms. The van der Waals surface area contributed by atoms with Gasteiger partial charge in [0.2, 0.25) is 0 Å². The number of ether oxygens (including phenoxy) is 1. The van der Waals surface area contributed by atoms with E-state index in [-0.39, 0.29) is 24.1 Å². The molecular weight excluding hydrogens is 365 g/mol. The Balaban J connectivity index is 1.40. The summed E-state index contributed by atoms with van der Waals surface area (Å²) < 4.78 is 23.9. The molecule has 1 N–H and O–H groups in total. The molecule has 1 heterocycles. The van der Waals surface area contributed by atoms with Crippen LogP contribution in [0.3, 0.4) is 0 Å². The summed E-state index contributed by atoms with van der Waals surface area (Å²) in [5, 5.41) is 2.86. The van der Waals surface area contributed by atoms with Crippen molar-refractivity contribution in [1.29, 1.82) is 0 Å². The van der Waals surface area contributed by atoms with E-state index in [9.17, 15) is 9.18 Å². The van der Waals surface area contributed by atoms with Crippen LogP contribution in [0, 0.1) is 5.82 Å². The topological polar surface area (TPSA) is 51.5 Å².